The van der Waals surface area contributed by atoms with Crippen LogP contribution in [0.1, 0.15) is 37.7 Å². The number of Topliss-reactive ketones (excluding diaryl/α,β-unsaturated/α-hetero) is 1. The van der Waals surface area contributed by atoms with Gasteiger partial charge in [0.1, 0.15) is 5.78 Å². The van der Waals surface area contributed by atoms with Crippen molar-refractivity contribution in [2.24, 2.45) is 0 Å². The minimum Gasteiger partial charge on any atom is -0.299 e. The van der Waals surface area contributed by atoms with Gasteiger partial charge in [0, 0.05) is 52.6 Å². The molecule has 5 nitrogen and oxygen atoms in total. The fraction of sp³-hybridized carbons (Fsp3) is 0.471. The van der Waals surface area contributed by atoms with Crippen molar-refractivity contribution in [3.63, 3.8) is 0 Å². The molecule has 2 rings (SSSR count). The summed E-state index contributed by atoms with van der Waals surface area (Å²) in [6, 6.07) is 3.52. The standard InChI is InChI=1S/C17H19ClF3N3O2S/c1-2-13(15(25)5-8-27(26)9-6-17(19,20)21)14-11-24(23-16(14)18)12-4-3-7-22-10-12/h3-4,7,10-11,13H,2,5-6,8-9H2,1H3. The second-order valence-corrected chi connectivity index (χ2v) is 7.98. The second-order valence-electron chi connectivity index (χ2n) is 5.92. The van der Waals surface area contributed by atoms with Crippen LogP contribution in [0.3, 0.4) is 0 Å². The van der Waals surface area contributed by atoms with Gasteiger partial charge in [-0.25, -0.2) is 4.68 Å². The molecular formula is C17H19ClF3N3O2S. The first-order valence-electron chi connectivity index (χ1n) is 8.31. The maximum atomic E-state index is 12.5. The number of rotatable bonds is 9. The van der Waals surface area contributed by atoms with Crippen molar-refractivity contribution >= 4 is 28.2 Å². The predicted octanol–water partition coefficient (Wildman–Crippen LogP) is 4.07. The molecule has 2 atom stereocenters. The van der Waals surface area contributed by atoms with Gasteiger partial charge in [-0.3, -0.25) is 14.0 Å². The molecule has 0 saturated carbocycles. The Morgan fingerprint density at radius 2 is 2.11 bits per heavy atom. The smallest absolute Gasteiger partial charge is 0.299 e. The molecule has 27 heavy (non-hydrogen) atoms. The lowest BCUT2D eigenvalue weighted by Gasteiger charge is -2.12. The number of halogens is 4. The van der Waals surface area contributed by atoms with Gasteiger partial charge in [0.15, 0.2) is 5.15 Å². The molecule has 2 aromatic rings. The minimum absolute atomic E-state index is 0.0720. The lowest BCUT2D eigenvalue weighted by atomic mass is 9.93. The van der Waals surface area contributed by atoms with Crippen LogP contribution in [0.15, 0.2) is 30.7 Å². The maximum absolute atomic E-state index is 12.5. The molecule has 0 amide bonds. The van der Waals surface area contributed by atoms with E-state index in [1.54, 1.807) is 37.6 Å². The molecule has 0 N–H and O–H groups in total. The van der Waals surface area contributed by atoms with Crippen molar-refractivity contribution in [1.82, 2.24) is 14.8 Å². The third kappa shape index (κ3) is 6.42. The summed E-state index contributed by atoms with van der Waals surface area (Å²) in [6.07, 6.45) is -0.225. The Labute approximate surface area is 162 Å². The fourth-order valence-corrected chi connectivity index (χ4v) is 3.92. The van der Waals surface area contributed by atoms with E-state index < -0.39 is 35.1 Å². The van der Waals surface area contributed by atoms with Gasteiger partial charge in [-0.05, 0) is 18.6 Å². The van der Waals surface area contributed by atoms with Crippen LogP contribution in [0.2, 0.25) is 5.15 Å². The van der Waals surface area contributed by atoms with Crippen molar-refractivity contribution in [2.45, 2.75) is 38.3 Å². The largest absolute Gasteiger partial charge is 0.390 e. The highest BCUT2D eigenvalue weighted by molar-refractivity contribution is 7.84. The summed E-state index contributed by atoms with van der Waals surface area (Å²) < 4.78 is 49.8. The number of alkyl halides is 3. The van der Waals surface area contributed by atoms with E-state index in [2.05, 4.69) is 10.1 Å². The number of carbonyl (C=O) groups excluding carboxylic acids is 1. The van der Waals surface area contributed by atoms with E-state index in [1.165, 1.54) is 4.68 Å². The van der Waals surface area contributed by atoms with Crippen molar-refractivity contribution in [2.75, 3.05) is 11.5 Å². The summed E-state index contributed by atoms with van der Waals surface area (Å²) in [5.41, 5.74) is 1.22. The number of hydrogen-bond acceptors (Lipinski definition) is 4. The molecule has 0 aromatic carbocycles. The molecule has 0 radical (unpaired) electrons. The lowest BCUT2D eigenvalue weighted by molar-refractivity contribution is -0.129. The van der Waals surface area contributed by atoms with Crippen LogP contribution in [-0.4, -0.2) is 42.4 Å². The number of nitrogens with zero attached hydrogens (tertiary/aromatic N) is 3. The lowest BCUT2D eigenvalue weighted by Crippen LogP contribution is -2.18. The third-order valence-electron chi connectivity index (χ3n) is 3.97. The SMILES string of the molecule is CCC(C(=O)CCS(=O)CCC(F)(F)F)c1cn(-c2cccnc2)nc1Cl. The number of carbonyl (C=O) groups is 1. The Kier molecular flexibility index (Phi) is 7.55. The molecule has 0 fully saturated rings. The predicted molar refractivity (Wildman–Crippen MR) is 97.6 cm³/mol. The van der Waals surface area contributed by atoms with Gasteiger partial charge in [0.05, 0.1) is 18.3 Å². The van der Waals surface area contributed by atoms with Crippen LogP contribution in [0.4, 0.5) is 13.2 Å². The van der Waals surface area contributed by atoms with E-state index in [9.17, 15) is 22.2 Å². The van der Waals surface area contributed by atoms with Crippen LogP contribution in [0, 0.1) is 0 Å². The number of aromatic nitrogens is 3. The van der Waals surface area contributed by atoms with E-state index in [4.69, 9.17) is 11.6 Å². The molecule has 10 heteroatoms. The van der Waals surface area contributed by atoms with Crippen LogP contribution in [-0.2, 0) is 15.6 Å². The zero-order chi connectivity index (χ0) is 20.0. The van der Waals surface area contributed by atoms with Crippen LogP contribution in [0.25, 0.3) is 5.69 Å². The van der Waals surface area contributed by atoms with Gasteiger partial charge in [-0.15, -0.1) is 0 Å². The average Bonchev–Trinajstić information content (AvgIpc) is 3.00. The second kappa shape index (κ2) is 9.45. The van der Waals surface area contributed by atoms with Gasteiger partial charge >= 0.3 is 6.18 Å². The highest BCUT2D eigenvalue weighted by atomic mass is 35.5. The van der Waals surface area contributed by atoms with Crippen LogP contribution >= 0.6 is 11.6 Å². The molecule has 148 valence electrons. The van der Waals surface area contributed by atoms with E-state index >= 15 is 0 Å². The summed E-state index contributed by atoms with van der Waals surface area (Å²) in [6.45, 7) is 1.81. The van der Waals surface area contributed by atoms with E-state index in [0.29, 0.717) is 17.7 Å². The van der Waals surface area contributed by atoms with Crippen molar-refractivity contribution < 1.29 is 22.2 Å². The Bertz CT molecular complexity index is 796. The zero-order valence-electron chi connectivity index (χ0n) is 14.6. The normalized spacial score (nSPS) is 14.1. The Morgan fingerprint density at radius 3 is 2.70 bits per heavy atom. The molecule has 0 aliphatic carbocycles. The molecule has 0 aliphatic heterocycles. The number of hydrogen-bond donors (Lipinski definition) is 0. The zero-order valence-corrected chi connectivity index (χ0v) is 16.2. The Balaban J connectivity index is 2.03. The Hall–Kier alpha value is -1.74. The van der Waals surface area contributed by atoms with E-state index in [0.717, 1.165) is 0 Å². The first-order chi connectivity index (χ1) is 12.7. The maximum Gasteiger partial charge on any atom is 0.390 e. The minimum atomic E-state index is -4.35. The highest BCUT2D eigenvalue weighted by Crippen LogP contribution is 2.29. The number of pyridine rings is 1. The summed E-state index contributed by atoms with van der Waals surface area (Å²) in [5, 5.41) is 4.37. The van der Waals surface area contributed by atoms with Gasteiger partial charge in [-0.1, -0.05) is 18.5 Å². The summed E-state index contributed by atoms with van der Waals surface area (Å²) in [7, 11) is -1.69. The third-order valence-corrected chi connectivity index (χ3v) is 5.58. The summed E-state index contributed by atoms with van der Waals surface area (Å²) in [5.74, 6) is -1.36. The van der Waals surface area contributed by atoms with E-state index in [-0.39, 0.29) is 23.1 Å². The quantitative estimate of drug-likeness (QED) is 0.612. The van der Waals surface area contributed by atoms with Gasteiger partial charge in [-0.2, -0.15) is 18.3 Å². The van der Waals surface area contributed by atoms with Gasteiger partial charge < -0.3 is 0 Å². The first kappa shape index (κ1) is 21.6. The average molecular weight is 422 g/mol. The van der Waals surface area contributed by atoms with Crippen LogP contribution in [0.5, 0.6) is 0 Å². The van der Waals surface area contributed by atoms with Crippen molar-refractivity contribution in [3.8, 4) is 5.69 Å². The molecule has 2 heterocycles. The van der Waals surface area contributed by atoms with Crippen molar-refractivity contribution in [1.29, 1.82) is 0 Å². The van der Waals surface area contributed by atoms with Gasteiger partial charge in [0.2, 0.25) is 0 Å². The number of ketones is 1. The van der Waals surface area contributed by atoms with Crippen molar-refractivity contribution in [3.05, 3.63) is 41.4 Å². The monoisotopic (exact) mass is 421 g/mol. The molecule has 2 aromatic heterocycles. The molecule has 0 aliphatic rings. The molecular weight excluding hydrogens is 403 g/mol. The highest BCUT2D eigenvalue weighted by Gasteiger charge is 2.28. The summed E-state index contributed by atoms with van der Waals surface area (Å²) >= 11 is 6.19. The Morgan fingerprint density at radius 1 is 1.37 bits per heavy atom. The molecule has 0 saturated heterocycles. The first-order valence-corrected chi connectivity index (χ1v) is 10.2. The molecule has 2 unspecified atom stereocenters. The molecule has 0 spiro atoms. The van der Waals surface area contributed by atoms with Gasteiger partial charge in [0.25, 0.3) is 0 Å². The van der Waals surface area contributed by atoms with E-state index in [1.807, 2.05) is 0 Å². The summed E-state index contributed by atoms with van der Waals surface area (Å²) in [4.78, 5) is 16.5. The van der Waals surface area contributed by atoms with Crippen LogP contribution < -0.4 is 0 Å². The topological polar surface area (TPSA) is 64.8 Å². The molecule has 0 bridgehead atoms. The fourth-order valence-electron chi connectivity index (χ4n) is 2.56.